The van der Waals surface area contributed by atoms with E-state index in [1.165, 1.54) is 6.42 Å². The van der Waals surface area contributed by atoms with Crippen molar-refractivity contribution in [3.8, 4) is 5.75 Å². The smallest absolute Gasteiger partial charge is 0.482 e. The molecule has 1 rings (SSSR count). The van der Waals surface area contributed by atoms with E-state index in [1.807, 2.05) is 30.3 Å². The largest absolute Gasteiger partial charge is 0.493 e. The third kappa shape index (κ3) is 8.03. The van der Waals surface area contributed by atoms with Crippen LogP contribution in [-0.2, 0) is 0 Å². The average molecular weight is 209 g/mol. The molecule has 0 aliphatic rings. The first-order valence-electron chi connectivity index (χ1n) is 5.02. The Bertz CT molecular complexity index is 229. The van der Waals surface area contributed by atoms with E-state index in [9.17, 15) is 0 Å². The van der Waals surface area contributed by atoms with Crippen molar-refractivity contribution < 1.29 is 14.8 Å². The molecule has 3 nitrogen and oxygen atoms in total. The van der Waals surface area contributed by atoms with E-state index >= 15 is 0 Å². The van der Waals surface area contributed by atoms with Gasteiger partial charge in [0.05, 0.1) is 6.61 Å². The highest BCUT2D eigenvalue weighted by molar-refractivity contribution is 6.13. The minimum absolute atomic E-state index is 0. The molecule has 0 spiro atoms. The van der Waals surface area contributed by atoms with Crippen LogP contribution in [0.5, 0.6) is 5.75 Å². The van der Waals surface area contributed by atoms with Crippen molar-refractivity contribution in [1.29, 1.82) is 0 Å². The SMILES string of the molecule is CCC(C)COc1ccccc1.O[B]O. The molecule has 0 saturated heterocycles. The van der Waals surface area contributed by atoms with Gasteiger partial charge in [0, 0.05) is 0 Å². The van der Waals surface area contributed by atoms with Gasteiger partial charge in [-0.1, -0.05) is 38.5 Å². The molecule has 1 aromatic carbocycles. The molecule has 1 aromatic rings. The highest BCUT2D eigenvalue weighted by atomic mass is 16.5. The van der Waals surface area contributed by atoms with Crippen LogP contribution in [0, 0.1) is 5.92 Å². The standard InChI is InChI=1S/C11H16O.BH2O2/c1-3-10(2)9-12-11-7-5-4-6-8-11;2-1-3/h4-8,10H,3,9H2,1-2H3;2-3H. The first kappa shape index (κ1) is 14.0. The van der Waals surface area contributed by atoms with Crippen molar-refractivity contribution in [2.75, 3.05) is 6.61 Å². The zero-order chi connectivity index (χ0) is 11.5. The molecule has 15 heavy (non-hydrogen) atoms. The zero-order valence-corrected chi connectivity index (χ0v) is 9.26. The Balaban J connectivity index is 0.000000583. The fourth-order valence-corrected chi connectivity index (χ4v) is 0.873. The maximum Gasteiger partial charge on any atom is 0.482 e. The molecule has 0 bridgehead atoms. The summed E-state index contributed by atoms with van der Waals surface area (Å²) in [5.41, 5.74) is 0. The summed E-state index contributed by atoms with van der Waals surface area (Å²) in [7, 11) is 0. The maximum absolute atomic E-state index is 7.00. The summed E-state index contributed by atoms with van der Waals surface area (Å²) in [6, 6.07) is 9.96. The van der Waals surface area contributed by atoms with Crippen LogP contribution in [0.4, 0.5) is 0 Å². The Morgan fingerprint density at radius 3 is 2.27 bits per heavy atom. The first-order chi connectivity index (χ1) is 7.24. The summed E-state index contributed by atoms with van der Waals surface area (Å²) in [6.07, 6.45) is 1.17. The fourth-order valence-electron chi connectivity index (χ4n) is 0.873. The fraction of sp³-hybridized carbons (Fsp3) is 0.455. The number of benzene rings is 1. The van der Waals surface area contributed by atoms with E-state index in [0.717, 1.165) is 12.4 Å². The molecule has 1 radical (unpaired) electrons. The van der Waals surface area contributed by atoms with Crippen LogP contribution in [0.25, 0.3) is 0 Å². The van der Waals surface area contributed by atoms with Crippen LogP contribution < -0.4 is 4.74 Å². The lowest BCUT2D eigenvalue weighted by Crippen LogP contribution is -2.06. The lowest BCUT2D eigenvalue weighted by atomic mass is 10.1. The summed E-state index contributed by atoms with van der Waals surface area (Å²) in [6.45, 7) is 5.20. The van der Waals surface area contributed by atoms with E-state index in [2.05, 4.69) is 13.8 Å². The summed E-state index contributed by atoms with van der Waals surface area (Å²) in [4.78, 5) is 0. The van der Waals surface area contributed by atoms with Gasteiger partial charge in [-0.3, -0.25) is 0 Å². The summed E-state index contributed by atoms with van der Waals surface area (Å²) in [5.74, 6) is 1.61. The molecule has 0 saturated carbocycles. The van der Waals surface area contributed by atoms with E-state index in [0.29, 0.717) is 5.92 Å². The third-order valence-electron chi connectivity index (χ3n) is 1.97. The molecular formula is C11H18BO3. The van der Waals surface area contributed by atoms with Crippen molar-refractivity contribution in [2.45, 2.75) is 20.3 Å². The predicted molar refractivity (Wildman–Crippen MR) is 61.6 cm³/mol. The van der Waals surface area contributed by atoms with Crippen LogP contribution in [0.3, 0.4) is 0 Å². The average Bonchev–Trinajstić information content (AvgIpc) is 2.28. The van der Waals surface area contributed by atoms with Crippen molar-refractivity contribution in [3.05, 3.63) is 30.3 Å². The molecule has 4 heteroatoms. The maximum atomic E-state index is 7.00. The number of ether oxygens (including phenoxy) is 1. The van der Waals surface area contributed by atoms with Crippen LogP contribution in [0.2, 0.25) is 0 Å². The van der Waals surface area contributed by atoms with Crippen molar-refractivity contribution in [1.82, 2.24) is 0 Å². The molecule has 83 valence electrons. The van der Waals surface area contributed by atoms with E-state index in [1.54, 1.807) is 0 Å². The second-order valence-corrected chi connectivity index (χ2v) is 3.25. The number of para-hydroxylation sites is 1. The van der Waals surface area contributed by atoms with Gasteiger partial charge in [-0.25, -0.2) is 0 Å². The highest BCUT2D eigenvalue weighted by Gasteiger charge is 1.98. The number of hydrogen-bond donors (Lipinski definition) is 2. The van der Waals surface area contributed by atoms with E-state index < -0.39 is 0 Å². The number of rotatable bonds is 4. The molecule has 0 amide bonds. The van der Waals surface area contributed by atoms with Crippen LogP contribution >= 0.6 is 0 Å². The van der Waals surface area contributed by atoms with Crippen LogP contribution in [0.15, 0.2) is 30.3 Å². The molecule has 0 aliphatic heterocycles. The molecular weight excluding hydrogens is 191 g/mol. The molecule has 1 atom stereocenters. The molecule has 0 fully saturated rings. The Morgan fingerprint density at radius 1 is 1.27 bits per heavy atom. The second-order valence-electron chi connectivity index (χ2n) is 3.25. The Labute approximate surface area is 92.0 Å². The van der Waals surface area contributed by atoms with E-state index in [-0.39, 0.29) is 7.69 Å². The molecule has 2 N–H and O–H groups in total. The Hall–Kier alpha value is -0.995. The predicted octanol–water partition coefficient (Wildman–Crippen LogP) is 1.62. The number of hydrogen-bond acceptors (Lipinski definition) is 3. The van der Waals surface area contributed by atoms with Gasteiger partial charge in [0.1, 0.15) is 5.75 Å². The third-order valence-corrected chi connectivity index (χ3v) is 1.97. The molecule has 0 heterocycles. The lowest BCUT2D eigenvalue weighted by Gasteiger charge is -2.10. The monoisotopic (exact) mass is 209 g/mol. The minimum atomic E-state index is 0. The minimum Gasteiger partial charge on any atom is -0.493 e. The Kier molecular flexibility index (Phi) is 8.92. The van der Waals surface area contributed by atoms with Gasteiger partial charge in [0.25, 0.3) is 0 Å². The van der Waals surface area contributed by atoms with Crippen molar-refractivity contribution >= 4 is 7.69 Å². The molecule has 0 aliphatic carbocycles. The van der Waals surface area contributed by atoms with Gasteiger partial charge in [-0.05, 0) is 18.1 Å². The molecule has 0 aromatic heterocycles. The first-order valence-corrected chi connectivity index (χ1v) is 5.02. The van der Waals surface area contributed by atoms with Gasteiger partial charge >= 0.3 is 7.69 Å². The van der Waals surface area contributed by atoms with Crippen molar-refractivity contribution in [3.63, 3.8) is 0 Å². The van der Waals surface area contributed by atoms with Gasteiger partial charge in [0.15, 0.2) is 0 Å². The van der Waals surface area contributed by atoms with Crippen molar-refractivity contribution in [2.24, 2.45) is 5.92 Å². The Morgan fingerprint density at radius 2 is 1.80 bits per heavy atom. The quantitative estimate of drug-likeness (QED) is 0.740. The van der Waals surface area contributed by atoms with E-state index in [4.69, 9.17) is 14.8 Å². The van der Waals surface area contributed by atoms with Gasteiger partial charge in [-0.15, -0.1) is 0 Å². The normalized spacial score (nSPS) is 10.9. The molecule has 1 unspecified atom stereocenters. The second kappa shape index (κ2) is 9.56. The highest BCUT2D eigenvalue weighted by Crippen LogP contribution is 2.10. The lowest BCUT2D eigenvalue weighted by molar-refractivity contribution is 0.256. The summed E-state index contributed by atoms with van der Waals surface area (Å²) < 4.78 is 5.56. The summed E-state index contributed by atoms with van der Waals surface area (Å²) in [5, 5.41) is 14.0. The summed E-state index contributed by atoms with van der Waals surface area (Å²) >= 11 is 0. The van der Waals surface area contributed by atoms with Crippen LogP contribution in [-0.4, -0.2) is 24.3 Å². The zero-order valence-electron chi connectivity index (χ0n) is 9.26. The topological polar surface area (TPSA) is 49.7 Å². The van der Waals surface area contributed by atoms with Gasteiger partial charge in [0.2, 0.25) is 0 Å². The van der Waals surface area contributed by atoms with Crippen LogP contribution in [0.1, 0.15) is 20.3 Å². The van der Waals surface area contributed by atoms with Gasteiger partial charge in [-0.2, -0.15) is 0 Å². The van der Waals surface area contributed by atoms with Gasteiger partial charge < -0.3 is 14.8 Å².